The first-order valence-corrected chi connectivity index (χ1v) is 48.4. The second-order valence-electron chi connectivity index (χ2n) is 26.7. The van der Waals surface area contributed by atoms with E-state index in [4.69, 9.17) is 0 Å². The molecule has 3 atom stereocenters. The average molecular weight is 1080 g/mol. The van der Waals surface area contributed by atoms with E-state index in [1.807, 2.05) is 0 Å². The molecular weight excluding hydrogens is 999 g/mol. The molecule has 0 fully saturated rings. The van der Waals surface area contributed by atoms with Gasteiger partial charge in [-0.1, -0.05) is 0 Å². The fourth-order valence-electron chi connectivity index (χ4n) is 14.8. The second kappa shape index (κ2) is 16.1. The van der Waals surface area contributed by atoms with Crippen LogP contribution in [0.4, 0.5) is 0 Å². The first-order chi connectivity index (χ1) is 31.7. The van der Waals surface area contributed by atoms with Gasteiger partial charge in [0.15, 0.2) is 0 Å². The van der Waals surface area contributed by atoms with Crippen molar-refractivity contribution < 1.29 is 16.2 Å². The Morgan fingerprint density at radius 2 is 0.706 bits per heavy atom. The molecule has 0 radical (unpaired) electrons. The van der Waals surface area contributed by atoms with Crippen LogP contribution in [0.2, 0.25) is 22.5 Å². The molecule has 0 saturated heterocycles. The van der Waals surface area contributed by atoms with Crippen molar-refractivity contribution in [3.8, 4) is 33.4 Å². The Balaban J connectivity index is 1.36. The number of hydrogen-bond acceptors (Lipinski definition) is 0. The Kier molecular flexibility index (Phi) is 11.5. The summed E-state index contributed by atoms with van der Waals surface area (Å²) in [6, 6.07) is 50.7. The van der Waals surface area contributed by atoms with Gasteiger partial charge in [0.25, 0.3) is 0 Å². The molecule has 0 saturated carbocycles. The van der Waals surface area contributed by atoms with Gasteiger partial charge < -0.3 is 0 Å². The predicted octanol–water partition coefficient (Wildman–Crippen LogP) is 19.3. The average Bonchev–Trinajstić information content (AvgIpc) is 3.97. The fourth-order valence-corrected chi connectivity index (χ4v) is 86.2. The van der Waals surface area contributed by atoms with Crippen LogP contribution in [0.3, 0.4) is 0 Å². The number of fused-ring (bicyclic) bond motifs is 3. The Morgan fingerprint density at radius 1 is 0.412 bits per heavy atom. The Labute approximate surface area is 410 Å². The van der Waals surface area contributed by atoms with Crippen LogP contribution in [0, 0.1) is 5.92 Å². The van der Waals surface area contributed by atoms with Crippen LogP contribution in [0.1, 0.15) is 151 Å². The topological polar surface area (TPSA) is 0 Å². The van der Waals surface area contributed by atoms with E-state index in [0.717, 1.165) is 0 Å². The molecule has 68 heavy (non-hydrogen) atoms. The van der Waals surface area contributed by atoms with Crippen LogP contribution < -0.4 is 0 Å². The van der Waals surface area contributed by atoms with Crippen molar-refractivity contribution in [2.24, 2.45) is 5.92 Å². The number of benzene rings is 6. The SMILES string of the molecule is CC1=Cc2c(-c3ccc(C(C)(C)C)cc3)cccc2[CH]1[Hf]([CH3])([CH3])([CH]1C(C)=Cc2c(-c3ccc(C(C)(C)C)cc3)cccc21)([CH]1C(C(C)C)=Cc2c(-c3ccc(C(C)(C)C)cc3)cccc21)[SiH](C)C. The summed E-state index contributed by atoms with van der Waals surface area (Å²) in [7, 11) is 0. The van der Waals surface area contributed by atoms with Crippen molar-refractivity contribution in [3.05, 3.63) is 194 Å². The van der Waals surface area contributed by atoms with Crippen LogP contribution in [-0.2, 0) is 32.4 Å². The minimum absolute atomic E-state index is 0.101. The molecule has 6 aromatic carbocycles. The second-order valence-corrected chi connectivity index (χ2v) is 92.7. The molecule has 0 bridgehead atoms. The molecule has 3 unspecified atom stereocenters. The summed E-state index contributed by atoms with van der Waals surface area (Å²) in [6.45, 7) is 36.6. The van der Waals surface area contributed by atoms with Crippen molar-refractivity contribution in [2.45, 2.75) is 140 Å². The molecule has 2 heteroatoms. The fraction of sp³-hybridized carbons (Fsp3) is 0.364. The summed E-state index contributed by atoms with van der Waals surface area (Å²) in [5.41, 5.74) is 26.4. The Hall–Kier alpha value is -4.37. The normalized spacial score (nSPS) is 19.3. The third-order valence-corrected chi connectivity index (χ3v) is 109. The zero-order valence-corrected chi connectivity index (χ0v) is 49.5. The number of allylic oxidation sites excluding steroid dienone is 3. The van der Waals surface area contributed by atoms with E-state index in [1.165, 1.54) is 66.8 Å². The Morgan fingerprint density at radius 3 is 0.985 bits per heavy atom. The van der Waals surface area contributed by atoms with Crippen LogP contribution >= 0.6 is 0 Å². The quantitative estimate of drug-likeness (QED) is 0.133. The summed E-state index contributed by atoms with van der Waals surface area (Å²) < 4.78 is 7.14. The molecular formula is C66H80HfSi. The summed E-state index contributed by atoms with van der Waals surface area (Å²) >= 11 is -5.53. The van der Waals surface area contributed by atoms with Gasteiger partial charge in [0, 0.05) is 0 Å². The minimum atomic E-state index is -5.53. The van der Waals surface area contributed by atoms with E-state index >= 15 is 0 Å². The molecule has 0 nitrogen and oxygen atoms in total. The number of hydrogen-bond donors (Lipinski definition) is 0. The molecule has 6 aromatic rings. The van der Waals surface area contributed by atoms with E-state index in [-0.39, 0.29) is 16.2 Å². The first-order valence-electron chi connectivity index (χ1n) is 25.9. The summed E-state index contributed by atoms with van der Waals surface area (Å²) in [6.07, 6.45) is 8.05. The van der Waals surface area contributed by atoms with E-state index in [0.29, 0.717) is 16.9 Å². The van der Waals surface area contributed by atoms with E-state index in [9.17, 15) is 0 Å². The van der Waals surface area contributed by atoms with Gasteiger partial charge in [0.05, 0.1) is 0 Å². The molecule has 0 aliphatic heterocycles. The maximum atomic E-state index is 3.07. The van der Waals surface area contributed by atoms with Crippen LogP contribution in [-0.4, -0.2) is 5.98 Å². The standard InChI is InChI=1S/C22H25.2C20H21.C2H7Si.2CH3.Hf/c1-15(2)18-13-17-7-6-8-20(21(17)14-18)16-9-11-19(12-10-16)22(3,4)5;2*1-14-12-16-6-5-7-18(19(16)13-14)15-8-10-17(11-9-15)20(2,3)4;1-3-2;;;/h6-15H,1-5H3;2*5-13H,1-4H3;3H,1-2H3;2*1H3;. The van der Waals surface area contributed by atoms with Gasteiger partial charge in [0.1, 0.15) is 0 Å². The van der Waals surface area contributed by atoms with Gasteiger partial charge in [-0.05, 0) is 0 Å². The van der Waals surface area contributed by atoms with Crippen molar-refractivity contribution in [3.63, 3.8) is 0 Å². The van der Waals surface area contributed by atoms with E-state index in [2.05, 4.69) is 258 Å². The molecule has 9 rings (SSSR count). The number of rotatable bonds is 8. The monoisotopic (exact) mass is 1080 g/mol. The van der Waals surface area contributed by atoms with Gasteiger partial charge >= 0.3 is 414 Å². The van der Waals surface area contributed by atoms with Gasteiger partial charge in [-0.3, -0.25) is 0 Å². The van der Waals surface area contributed by atoms with Gasteiger partial charge in [-0.2, -0.15) is 0 Å². The van der Waals surface area contributed by atoms with Crippen molar-refractivity contribution >= 4 is 24.2 Å². The van der Waals surface area contributed by atoms with Crippen LogP contribution in [0.5, 0.6) is 0 Å². The first kappa shape index (κ1) is 48.6. The molecule has 3 aliphatic rings. The van der Waals surface area contributed by atoms with E-state index in [1.54, 1.807) is 33.4 Å². The van der Waals surface area contributed by atoms with Gasteiger partial charge in [-0.25, -0.2) is 0 Å². The zero-order valence-electron chi connectivity index (χ0n) is 44.7. The zero-order chi connectivity index (χ0) is 49.2. The van der Waals surface area contributed by atoms with E-state index < -0.39 is 22.2 Å². The van der Waals surface area contributed by atoms with Crippen molar-refractivity contribution in [1.82, 2.24) is 0 Å². The molecule has 3 aliphatic carbocycles. The molecule has 0 amide bonds. The molecule has 0 heterocycles. The molecule has 0 N–H and O–H groups in total. The molecule has 0 aromatic heterocycles. The third kappa shape index (κ3) is 7.18. The predicted molar refractivity (Wildman–Crippen MR) is 301 cm³/mol. The Bertz CT molecular complexity index is 2940. The maximum absolute atomic E-state index is 5.53. The van der Waals surface area contributed by atoms with Gasteiger partial charge in [-0.15, -0.1) is 0 Å². The molecule has 0 spiro atoms. The van der Waals surface area contributed by atoms with Crippen molar-refractivity contribution in [2.75, 3.05) is 0 Å². The molecule has 352 valence electrons. The van der Waals surface area contributed by atoms with Gasteiger partial charge in [0.2, 0.25) is 0 Å². The summed E-state index contributed by atoms with van der Waals surface area (Å²) in [5.74, 6) is -1.32. The summed E-state index contributed by atoms with van der Waals surface area (Å²) in [5, 5.41) is 0. The third-order valence-electron chi connectivity index (χ3n) is 18.9. The van der Waals surface area contributed by atoms with Crippen LogP contribution in [0.15, 0.2) is 144 Å². The van der Waals surface area contributed by atoms with Crippen LogP contribution in [0.25, 0.3) is 51.6 Å². The summed E-state index contributed by atoms with van der Waals surface area (Å²) in [4.78, 5) is 0. The van der Waals surface area contributed by atoms with Crippen molar-refractivity contribution in [1.29, 1.82) is 0 Å².